The lowest BCUT2D eigenvalue weighted by atomic mass is 9.98. The highest BCUT2D eigenvalue weighted by molar-refractivity contribution is 7.89. The van der Waals surface area contributed by atoms with E-state index in [2.05, 4.69) is 4.90 Å². The molecule has 0 saturated carbocycles. The Kier molecular flexibility index (Phi) is 5.97. The molecular formula is C20H28ClN3O3S. The second kappa shape index (κ2) is 8.30. The van der Waals surface area contributed by atoms with Crippen LogP contribution in [0.4, 0.5) is 0 Å². The maximum absolute atomic E-state index is 13.1. The number of amides is 1. The van der Waals surface area contributed by atoms with Gasteiger partial charge in [0.1, 0.15) is 0 Å². The Balaban J connectivity index is 1.40. The van der Waals surface area contributed by atoms with E-state index in [-0.39, 0.29) is 23.3 Å². The first-order valence-corrected chi connectivity index (χ1v) is 12.1. The zero-order valence-corrected chi connectivity index (χ0v) is 17.7. The molecule has 0 N–H and O–H groups in total. The predicted octanol–water partition coefficient (Wildman–Crippen LogP) is 2.44. The fourth-order valence-electron chi connectivity index (χ4n) is 4.72. The summed E-state index contributed by atoms with van der Waals surface area (Å²) in [6.07, 6.45) is 5.02. The molecule has 0 bridgehead atoms. The molecule has 4 rings (SSSR count). The lowest BCUT2D eigenvalue weighted by Crippen LogP contribution is -2.47. The SMILES string of the molecule is O=C(C1CCCN(S(=O)(=O)c2ccc(Cl)cc2)C1)N1CCC(N2CCCC2)C1. The summed E-state index contributed by atoms with van der Waals surface area (Å²) in [5.74, 6) is -0.120. The van der Waals surface area contributed by atoms with Crippen LogP contribution in [-0.4, -0.2) is 73.7 Å². The lowest BCUT2D eigenvalue weighted by molar-refractivity contribution is -0.135. The molecule has 1 amide bonds. The fourth-order valence-corrected chi connectivity index (χ4v) is 6.37. The third-order valence-corrected chi connectivity index (χ3v) is 8.45. The van der Waals surface area contributed by atoms with Gasteiger partial charge in [-0.2, -0.15) is 4.31 Å². The molecule has 6 nitrogen and oxygen atoms in total. The molecule has 3 aliphatic rings. The van der Waals surface area contributed by atoms with Gasteiger partial charge < -0.3 is 4.90 Å². The zero-order valence-electron chi connectivity index (χ0n) is 16.1. The molecule has 8 heteroatoms. The molecule has 1 aromatic rings. The Morgan fingerprint density at radius 1 is 0.929 bits per heavy atom. The first kappa shape index (κ1) is 20.1. The fraction of sp³-hybridized carbons (Fsp3) is 0.650. The van der Waals surface area contributed by atoms with Crippen molar-refractivity contribution in [3.05, 3.63) is 29.3 Å². The average molecular weight is 426 g/mol. The van der Waals surface area contributed by atoms with Crippen LogP contribution in [0.15, 0.2) is 29.2 Å². The molecule has 3 saturated heterocycles. The van der Waals surface area contributed by atoms with E-state index in [1.165, 1.54) is 29.3 Å². The van der Waals surface area contributed by atoms with E-state index in [1.54, 1.807) is 12.1 Å². The first-order chi connectivity index (χ1) is 13.4. The van der Waals surface area contributed by atoms with Crippen LogP contribution in [-0.2, 0) is 14.8 Å². The third kappa shape index (κ3) is 4.08. The monoisotopic (exact) mass is 425 g/mol. The van der Waals surface area contributed by atoms with Crippen molar-refractivity contribution in [2.24, 2.45) is 5.92 Å². The van der Waals surface area contributed by atoms with Crippen LogP contribution in [0.3, 0.4) is 0 Å². The Hall–Kier alpha value is -1.15. The zero-order chi connectivity index (χ0) is 19.7. The molecule has 3 aliphatic heterocycles. The van der Waals surface area contributed by atoms with Crippen molar-refractivity contribution in [3.8, 4) is 0 Å². The largest absolute Gasteiger partial charge is 0.341 e. The highest BCUT2D eigenvalue weighted by atomic mass is 35.5. The van der Waals surface area contributed by atoms with Crippen molar-refractivity contribution in [2.75, 3.05) is 39.3 Å². The number of rotatable bonds is 4. The number of piperidine rings is 1. The summed E-state index contributed by atoms with van der Waals surface area (Å²) in [4.78, 5) is 17.8. The summed E-state index contributed by atoms with van der Waals surface area (Å²) in [6, 6.07) is 6.71. The van der Waals surface area contributed by atoms with Crippen molar-refractivity contribution in [1.29, 1.82) is 0 Å². The van der Waals surface area contributed by atoms with Crippen LogP contribution in [0.2, 0.25) is 5.02 Å². The van der Waals surface area contributed by atoms with Gasteiger partial charge in [0.15, 0.2) is 0 Å². The number of benzene rings is 1. The van der Waals surface area contributed by atoms with Crippen molar-refractivity contribution in [2.45, 2.75) is 43.0 Å². The van der Waals surface area contributed by atoms with Gasteiger partial charge >= 0.3 is 0 Å². The molecule has 0 radical (unpaired) electrons. The van der Waals surface area contributed by atoms with Crippen LogP contribution < -0.4 is 0 Å². The number of likely N-dealkylation sites (tertiary alicyclic amines) is 2. The molecule has 154 valence electrons. The van der Waals surface area contributed by atoms with E-state index in [4.69, 9.17) is 11.6 Å². The standard InChI is InChI=1S/C20H28ClN3O3S/c21-17-5-7-19(8-6-17)28(26,27)24-12-3-4-16(14-24)20(25)23-13-9-18(15-23)22-10-1-2-11-22/h5-8,16,18H,1-4,9-15H2. The third-order valence-electron chi connectivity index (χ3n) is 6.32. The van der Waals surface area contributed by atoms with Gasteiger partial charge in [-0.05, 0) is 69.5 Å². The van der Waals surface area contributed by atoms with Crippen molar-refractivity contribution < 1.29 is 13.2 Å². The van der Waals surface area contributed by atoms with Gasteiger partial charge in [0.25, 0.3) is 0 Å². The van der Waals surface area contributed by atoms with Gasteiger partial charge in [-0.3, -0.25) is 9.69 Å². The molecule has 3 fully saturated rings. The summed E-state index contributed by atoms with van der Waals surface area (Å²) in [7, 11) is -3.60. The van der Waals surface area contributed by atoms with Crippen LogP contribution in [0.1, 0.15) is 32.1 Å². The van der Waals surface area contributed by atoms with Crippen molar-refractivity contribution >= 4 is 27.5 Å². The second-order valence-electron chi connectivity index (χ2n) is 8.13. The number of hydrogen-bond donors (Lipinski definition) is 0. The van der Waals surface area contributed by atoms with Gasteiger partial charge in [-0.15, -0.1) is 0 Å². The normalized spacial score (nSPS) is 27.4. The van der Waals surface area contributed by atoms with Gasteiger partial charge in [0.05, 0.1) is 10.8 Å². The highest BCUT2D eigenvalue weighted by Gasteiger charge is 2.38. The van der Waals surface area contributed by atoms with Crippen molar-refractivity contribution in [3.63, 3.8) is 0 Å². The molecule has 0 aliphatic carbocycles. The minimum atomic E-state index is -3.60. The molecule has 3 heterocycles. The van der Waals surface area contributed by atoms with Crippen LogP contribution >= 0.6 is 11.6 Å². The van der Waals surface area contributed by atoms with Crippen LogP contribution in [0.25, 0.3) is 0 Å². The number of nitrogens with zero attached hydrogens (tertiary/aromatic N) is 3. The van der Waals surface area contributed by atoms with Gasteiger partial charge in [0.2, 0.25) is 15.9 Å². The quantitative estimate of drug-likeness (QED) is 0.743. The maximum atomic E-state index is 13.1. The lowest BCUT2D eigenvalue weighted by Gasteiger charge is -2.33. The number of carbonyl (C=O) groups is 1. The Morgan fingerprint density at radius 2 is 1.64 bits per heavy atom. The Morgan fingerprint density at radius 3 is 2.36 bits per heavy atom. The van der Waals surface area contributed by atoms with E-state index in [0.29, 0.717) is 24.0 Å². The molecule has 2 unspecified atom stereocenters. The van der Waals surface area contributed by atoms with Crippen LogP contribution in [0.5, 0.6) is 0 Å². The number of halogens is 1. The molecule has 2 atom stereocenters. The van der Waals surface area contributed by atoms with Gasteiger partial charge in [-0.25, -0.2) is 8.42 Å². The van der Waals surface area contributed by atoms with E-state index in [9.17, 15) is 13.2 Å². The average Bonchev–Trinajstić information content (AvgIpc) is 3.39. The minimum absolute atomic E-state index is 0.123. The predicted molar refractivity (Wildman–Crippen MR) is 109 cm³/mol. The van der Waals surface area contributed by atoms with Gasteiger partial charge in [0, 0.05) is 37.2 Å². The number of sulfonamides is 1. The molecule has 1 aromatic carbocycles. The molecule has 28 heavy (non-hydrogen) atoms. The summed E-state index contributed by atoms with van der Waals surface area (Å²) < 4.78 is 27.4. The Labute approximate surface area is 172 Å². The second-order valence-corrected chi connectivity index (χ2v) is 10.5. The molecule has 0 spiro atoms. The number of carbonyl (C=O) groups excluding carboxylic acids is 1. The molecule has 0 aromatic heterocycles. The Bertz CT molecular complexity index is 808. The summed E-state index contributed by atoms with van der Waals surface area (Å²) in [5, 5.41) is 0.507. The van der Waals surface area contributed by atoms with Crippen LogP contribution in [0, 0.1) is 5.92 Å². The van der Waals surface area contributed by atoms with E-state index in [0.717, 1.165) is 39.0 Å². The maximum Gasteiger partial charge on any atom is 0.243 e. The minimum Gasteiger partial charge on any atom is -0.341 e. The first-order valence-electron chi connectivity index (χ1n) is 10.2. The van der Waals surface area contributed by atoms with E-state index in [1.807, 2.05) is 4.90 Å². The summed E-state index contributed by atoms with van der Waals surface area (Å²) in [6.45, 7) is 4.60. The summed E-state index contributed by atoms with van der Waals surface area (Å²) in [5.41, 5.74) is 0. The van der Waals surface area contributed by atoms with E-state index < -0.39 is 10.0 Å². The molecular weight excluding hydrogens is 398 g/mol. The smallest absolute Gasteiger partial charge is 0.243 e. The van der Waals surface area contributed by atoms with E-state index >= 15 is 0 Å². The van der Waals surface area contributed by atoms with Gasteiger partial charge in [-0.1, -0.05) is 11.6 Å². The topological polar surface area (TPSA) is 60.9 Å². The highest BCUT2D eigenvalue weighted by Crippen LogP contribution is 2.28. The van der Waals surface area contributed by atoms with Crippen molar-refractivity contribution in [1.82, 2.24) is 14.1 Å². The number of hydrogen-bond acceptors (Lipinski definition) is 4. The summed E-state index contributed by atoms with van der Waals surface area (Å²) >= 11 is 5.88.